The number of hydrogen-bond acceptors (Lipinski definition) is 5. The molecule has 1 aromatic heterocycles. The van der Waals surface area contributed by atoms with E-state index in [0.717, 1.165) is 33.7 Å². The van der Waals surface area contributed by atoms with E-state index >= 15 is 0 Å². The van der Waals surface area contributed by atoms with Gasteiger partial charge in [-0.3, -0.25) is 0 Å². The highest BCUT2D eigenvalue weighted by atomic mass is 79.9. The number of halogens is 1. The lowest BCUT2D eigenvalue weighted by atomic mass is 9.97. The van der Waals surface area contributed by atoms with E-state index in [4.69, 9.17) is 14.6 Å². The summed E-state index contributed by atoms with van der Waals surface area (Å²) in [6.45, 7) is 2.13. The van der Waals surface area contributed by atoms with Crippen LogP contribution < -0.4 is 9.47 Å². The van der Waals surface area contributed by atoms with Crippen LogP contribution in [0, 0.1) is 6.92 Å². The van der Waals surface area contributed by atoms with Crippen LogP contribution in [0.5, 0.6) is 11.5 Å². The van der Waals surface area contributed by atoms with Crippen molar-refractivity contribution >= 4 is 33.0 Å². The molecule has 0 fully saturated rings. The van der Waals surface area contributed by atoms with Crippen molar-refractivity contribution in [2.75, 3.05) is 7.11 Å². The molecule has 2 aliphatic rings. The summed E-state index contributed by atoms with van der Waals surface area (Å²) in [7, 11) is 1.68. The van der Waals surface area contributed by atoms with Gasteiger partial charge in [0.25, 0.3) is 0 Å². The zero-order valence-electron chi connectivity index (χ0n) is 15.6. The summed E-state index contributed by atoms with van der Waals surface area (Å²) in [6, 6.07) is 18.7. The van der Waals surface area contributed by atoms with Crippen molar-refractivity contribution in [1.29, 1.82) is 0 Å². The largest absolute Gasteiger partial charge is 0.497 e. The number of nitrogens with zero attached hydrogens (tertiary/aromatic N) is 2. The van der Waals surface area contributed by atoms with E-state index in [1.165, 1.54) is 15.3 Å². The quantitative estimate of drug-likeness (QED) is 0.481. The Balaban J connectivity index is 1.61. The van der Waals surface area contributed by atoms with Crippen LogP contribution in [0.4, 0.5) is 0 Å². The molecule has 142 valence electrons. The molecule has 2 aliphatic heterocycles. The standard InChI is InChI=1S/C22H19BrN2O2S/c1-13-6-9-21(28-13)18-12-19-17-11-15(23)7-8-20(17)27-22(25(19)24-18)14-4-3-5-16(10-14)26-2/h3-11,19,22H,12H2,1-2H3. The third kappa shape index (κ3) is 3.01. The minimum Gasteiger partial charge on any atom is -0.497 e. The maximum absolute atomic E-state index is 6.42. The van der Waals surface area contributed by atoms with E-state index in [1.807, 2.05) is 30.3 Å². The fourth-order valence-electron chi connectivity index (χ4n) is 3.81. The van der Waals surface area contributed by atoms with E-state index in [9.17, 15) is 0 Å². The number of ether oxygens (including phenoxy) is 2. The zero-order valence-corrected chi connectivity index (χ0v) is 18.0. The zero-order chi connectivity index (χ0) is 19.3. The molecule has 0 saturated carbocycles. The monoisotopic (exact) mass is 454 g/mol. The topological polar surface area (TPSA) is 34.1 Å². The van der Waals surface area contributed by atoms with Crippen LogP contribution in [0.25, 0.3) is 0 Å². The molecule has 2 atom stereocenters. The van der Waals surface area contributed by atoms with Crippen molar-refractivity contribution in [1.82, 2.24) is 5.01 Å². The SMILES string of the molecule is COc1cccc(C2Oc3ccc(Br)cc3C3CC(c4ccc(C)s4)=NN32)c1. The molecule has 0 saturated heterocycles. The van der Waals surface area contributed by atoms with Gasteiger partial charge in [-0.05, 0) is 49.4 Å². The normalized spacial score (nSPS) is 20.2. The van der Waals surface area contributed by atoms with E-state index < -0.39 is 0 Å². The van der Waals surface area contributed by atoms with Crippen molar-refractivity contribution in [3.05, 3.63) is 80.0 Å². The predicted octanol–water partition coefficient (Wildman–Crippen LogP) is 6.07. The van der Waals surface area contributed by atoms with Crippen molar-refractivity contribution in [2.45, 2.75) is 25.6 Å². The van der Waals surface area contributed by atoms with Crippen LogP contribution in [-0.2, 0) is 0 Å². The summed E-state index contributed by atoms with van der Waals surface area (Å²) in [5, 5.41) is 7.12. The van der Waals surface area contributed by atoms with Crippen molar-refractivity contribution in [2.24, 2.45) is 5.10 Å². The Kier molecular flexibility index (Phi) is 4.40. The molecule has 0 aliphatic carbocycles. The fraction of sp³-hybridized carbons (Fsp3) is 0.227. The van der Waals surface area contributed by atoms with Crippen LogP contribution in [0.1, 0.15) is 39.6 Å². The maximum Gasteiger partial charge on any atom is 0.214 e. The van der Waals surface area contributed by atoms with Crippen LogP contribution >= 0.6 is 27.3 Å². The summed E-state index contributed by atoms with van der Waals surface area (Å²) < 4.78 is 12.9. The second-order valence-electron chi connectivity index (χ2n) is 6.99. The van der Waals surface area contributed by atoms with E-state index in [1.54, 1.807) is 18.4 Å². The van der Waals surface area contributed by atoms with Gasteiger partial charge in [0.05, 0.1) is 23.7 Å². The molecule has 3 heterocycles. The Morgan fingerprint density at radius 3 is 2.86 bits per heavy atom. The van der Waals surface area contributed by atoms with Crippen LogP contribution in [0.15, 0.2) is 64.2 Å². The second-order valence-corrected chi connectivity index (χ2v) is 9.19. The van der Waals surface area contributed by atoms with Gasteiger partial charge in [-0.25, -0.2) is 5.01 Å². The summed E-state index contributed by atoms with van der Waals surface area (Å²) in [6.07, 6.45) is 0.583. The molecule has 2 unspecified atom stereocenters. The van der Waals surface area contributed by atoms with Gasteiger partial charge in [0.15, 0.2) is 0 Å². The van der Waals surface area contributed by atoms with Gasteiger partial charge in [0.2, 0.25) is 6.23 Å². The number of hydrogen-bond donors (Lipinski definition) is 0. The fourth-order valence-corrected chi connectivity index (χ4v) is 5.05. The third-order valence-corrected chi connectivity index (χ3v) is 6.70. The number of rotatable bonds is 3. The molecule has 0 amide bonds. The summed E-state index contributed by atoms with van der Waals surface area (Å²) in [4.78, 5) is 2.53. The molecule has 0 N–H and O–H groups in total. The Bertz CT molecular complexity index is 1080. The molecule has 3 aromatic rings. The molecule has 0 spiro atoms. The highest BCUT2D eigenvalue weighted by Gasteiger charge is 2.41. The molecule has 0 radical (unpaired) electrons. The summed E-state index contributed by atoms with van der Waals surface area (Å²) in [5.41, 5.74) is 3.32. The number of fused-ring (bicyclic) bond motifs is 3. The Morgan fingerprint density at radius 1 is 1.18 bits per heavy atom. The lowest BCUT2D eigenvalue weighted by molar-refractivity contribution is -0.0191. The number of thiophene rings is 1. The number of benzene rings is 2. The third-order valence-electron chi connectivity index (χ3n) is 5.16. The van der Waals surface area contributed by atoms with Gasteiger partial charge in [0, 0.05) is 26.9 Å². The van der Waals surface area contributed by atoms with E-state index in [2.05, 4.69) is 52.1 Å². The van der Waals surface area contributed by atoms with Gasteiger partial charge in [-0.1, -0.05) is 28.1 Å². The van der Waals surface area contributed by atoms with Crippen LogP contribution in [-0.4, -0.2) is 17.8 Å². The minimum absolute atomic E-state index is 0.148. The molecule has 4 nitrogen and oxygen atoms in total. The molecule has 28 heavy (non-hydrogen) atoms. The molecule has 2 aromatic carbocycles. The summed E-state index contributed by atoms with van der Waals surface area (Å²) >= 11 is 5.39. The van der Waals surface area contributed by atoms with Crippen LogP contribution in [0.2, 0.25) is 0 Å². The minimum atomic E-state index is -0.285. The van der Waals surface area contributed by atoms with E-state index in [-0.39, 0.29) is 12.3 Å². The Morgan fingerprint density at radius 2 is 2.07 bits per heavy atom. The average molecular weight is 455 g/mol. The van der Waals surface area contributed by atoms with Crippen molar-refractivity contribution < 1.29 is 9.47 Å². The lowest BCUT2D eigenvalue weighted by Gasteiger charge is -2.38. The predicted molar refractivity (Wildman–Crippen MR) is 115 cm³/mol. The molecular formula is C22H19BrN2O2S. The number of methoxy groups -OCH3 is 1. The van der Waals surface area contributed by atoms with Crippen molar-refractivity contribution in [3.63, 3.8) is 0 Å². The van der Waals surface area contributed by atoms with Crippen molar-refractivity contribution in [3.8, 4) is 11.5 Å². The van der Waals surface area contributed by atoms with Gasteiger partial charge in [0.1, 0.15) is 11.5 Å². The molecule has 5 rings (SSSR count). The highest BCUT2D eigenvalue weighted by molar-refractivity contribution is 9.10. The molecule has 6 heteroatoms. The first-order chi connectivity index (χ1) is 13.6. The first-order valence-electron chi connectivity index (χ1n) is 9.15. The van der Waals surface area contributed by atoms with E-state index in [0.29, 0.717) is 0 Å². The lowest BCUT2D eigenvalue weighted by Crippen LogP contribution is -2.33. The molecular weight excluding hydrogens is 436 g/mol. The Hall–Kier alpha value is -2.31. The Labute approximate surface area is 176 Å². The number of hydrazone groups is 1. The number of aryl methyl sites for hydroxylation is 1. The second kappa shape index (κ2) is 6.94. The van der Waals surface area contributed by atoms with Gasteiger partial charge < -0.3 is 9.47 Å². The molecule has 0 bridgehead atoms. The van der Waals surface area contributed by atoms with Gasteiger partial charge in [-0.2, -0.15) is 5.10 Å². The average Bonchev–Trinajstić information content (AvgIpc) is 3.34. The summed E-state index contributed by atoms with van der Waals surface area (Å²) in [5.74, 6) is 1.73. The first kappa shape index (κ1) is 17.8. The van der Waals surface area contributed by atoms with Crippen LogP contribution in [0.3, 0.4) is 0 Å². The van der Waals surface area contributed by atoms with Gasteiger partial charge >= 0.3 is 0 Å². The smallest absolute Gasteiger partial charge is 0.214 e. The van der Waals surface area contributed by atoms with Gasteiger partial charge in [-0.15, -0.1) is 11.3 Å². The maximum atomic E-state index is 6.42. The highest BCUT2D eigenvalue weighted by Crippen LogP contribution is 2.48. The first-order valence-corrected chi connectivity index (χ1v) is 10.8.